The van der Waals surface area contributed by atoms with Gasteiger partial charge in [0.2, 0.25) is 0 Å². The molecule has 2 atom stereocenters. The van der Waals surface area contributed by atoms with Gasteiger partial charge in [-0.3, -0.25) is 0 Å². The molecule has 2 aliphatic rings. The molecular weight excluding hydrogens is 715 g/mol. The lowest BCUT2D eigenvalue weighted by atomic mass is 9.87. The molecule has 0 bridgehead atoms. The van der Waals surface area contributed by atoms with Crippen LogP contribution in [0.15, 0.2) is 84.9 Å². The summed E-state index contributed by atoms with van der Waals surface area (Å²) in [5, 5.41) is 22.9. The van der Waals surface area contributed by atoms with E-state index < -0.39 is 12.2 Å². The summed E-state index contributed by atoms with van der Waals surface area (Å²) in [6, 6.07) is 24.8. The maximum atomic E-state index is 13.3. The highest BCUT2D eigenvalue weighted by atomic mass is 19.1. The van der Waals surface area contributed by atoms with Crippen LogP contribution in [0.25, 0.3) is 0 Å². The van der Waals surface area contributed by atoms with Crippen LogP contribution in [0.4, 0.5) is 8.78 Å². The molecule has 2 saturated heterocycles. The summed E-state index contributed by atoms with van der Waals surface area (Å²) in [6.45, 7) is 6.37. The highest BCUT2D eigenvalue weighted by Gasteiger charge is 2.30. The van der Waals surface area contributed by atoms with E-state index in [0.29, 0.717) is 36.2 Å². The van der Waals surface area contributed by atoms with Crippen LogP contribution in [0, 0.1) is 23.5 Å². The van der Waals surface area contributed by atoms with Crippen molar-refractivity contribution in [1.82, 2.24) is 9.80 Å². The van der Waals surface area contributed by atoms with Crippen molar-refractivity contribution >= 4 is 0 Å². The number of unbranched alkanes of at least 4 members (excludes halogenated alkanes) is 1. The van der Waals surface area contributed by atoms with E-state index in [-0.39, 0.29) is 23.5 Å². The first kappa shape index (κ1) is 41.4. The number of aliphatic hydroxyl groups excluding tert-OH is 2. The Kier molecular flexibility index (Phi) is 15.4. The maximum Gasteiger partial charge on any atom is 0.166 e. The molecule has 0 radical (unpaired) electrons. The Morgan fingerprint density at radius 2 is 0.946 bits per heavy atom. The van der Waals surface area contributed by atoms with Crippen LogP contribution < -0.4 is 18.9 Å². The number of benzene rings is 4. The Bertz CT molecular complexity index is 1640. The van der Waals surface area contributed by atoms with Crippen molar-refractivity contribution in [3.63, 3.8) is 0 Å². The van der Waals surface area contributed by atoms with Gasteiger partial charge in [-0.05, 0) is 137 Å². The zero-order chi connectivity index (χ0) is 39.3. The predicted molar refractivity (Wildman–Crippen MR) is 215 cm³/mol. The lowest BCUT2D eigenvalue weighted by Gasteiger charge is -2.34. The van der Waals surface area contributed by atoms with Crippen LogP contribution in [0.2, 0.25) is 0 Å². The summed E-state index contributed by atoms with van der Waals surface area (Å²) < 4.78 is 50.4. The third-order valence-electron chi connectivity index (χ3n) is 11.5. The van der Waals surface area contributed by atoms with Crippen molar-refractivity contribution in [2.24, 2.45) is 11.8 Å². The number of piperidine rings is 2. The van der Waals surface area contributed by atoms with Gasteiger partial charge in [0.05, 0.1) is 39.6 Å². The zero-order valence-electron chi connectivity index (χ0n) is 32.9. The summed E-state index contributed by atoms with van der Waals surface area (Å²) >= 11 is 0. The van der Waals surface area contributed by atoms with E-state index in [1.165, 1.54) is 24.3 Å². The molecule has 6 rings (SSSR count). The largest absolute Gasteiger partial charge is 0.492 e. The van der Waals surface area contributed by atoms with E-state index in [1.54, 1.807) is 14.2 Å². The molecule has 0 amide bonds. The SMILES string of the molecule is COc1c(OCCCCOc2cccc([C@H](O)C3CCN(CCc4ccc(F)cc4)CC3)c2OC)cccc1[C@H](O)C1CCN(CCc2ccc(F)cc2)CC1. The second kappa shape index (κ2) is 20.8. The number of halogens is 2. The van der Waals surface area contributed by atoms with Crippen molar-refractivity contribution in [2.45, 2.75) is 63.6 Å². The van der Waals surface area contributed by atoms with E-state index in [9.17, 15) is 19.0 Å². The molecule has 2 fully saturated rings. The Balaban J connectivity index is 0.922. The topological polar surface area (TPSA) is 83.9 Å². The summed E-state index contributed by atoms with van der Waals surface area (Å²) in [5.41, 5.74) is 3.76. The third-order valence-corrected chi connectivity index (χ3v) is 11.5. The molecule has 2 N–H and O–H groups in total. The standard InChI is InChI=1S/C46H58F2N2O6/c1-53-45-39(43(51)35-21-27-49(28-22-35)25-19-33-11-15-37(47)16-12-33)7-5-9-41(45)55-31-3-4-32-56-42-10-6-8-40(46(42)54-2)44(52)36-23-29-50(30-24-36)26-20-34-13-17-38(48)18-14-34/h5-18,35-36,43-44,51-52H,3-4,19-32H2,1-2H3/t43-,44-/m1/s1. The third kappa shape index (κ3) is 11.2. The highest BCUT2D eigenvalue weighted by Crippen LogP contribution is 2.42. The van der Waals surface area contributed by atoms with E-state index in [0.717, 1.165) is 113 Å². The minimum atomic E-state index is -0.655. The van der Waals surface area contributed by atoms with Crippen molar-refractivity contribution in [2.75, 3.05) is 66.7 Å². The van der Waals surface area contributed by atoms with Gasteiger partial charge in [-0.25, -0.2) is 8.78 Å². The molecule has 0 spiro atoms. The molecule has 0 unspecified atom stereocenters. The monoisotopic (exact) mass is 772 g/mol. The zero-order valence-corrected chi connectivity index (χ0v) is 32.9. The van der Waals surface area contributed by atoms with E-state index in [4.69, 9.17) is 18.9 Å². The smallest absolute Gasteiger partial charge is 0.166 e. The Hall–Kier alpha value is -4.22. The number of hydrogen-bond donors (Lipinski definition) is 2. The molecule has 2 aliphatic heterocycles. The van der Waals surface area contributed by atoms with Gasteiger partial charge in [0, 0.05) is 24.2 Å². The number of methoxy groups -OCH3 is 2. The Morgan fingerprint density at radius 1 is 0.571 bits per heavy atom. The van der Waals surface area contributed by atoms with Crippen molar-refractivity contribution in [3.05, 3.63) is 119 Å². The van der Waals surface area contributed by atoms with Crippen LogP contribution >= 0.6 is 0 Å². The molecule has 0 saturated carbocycles. The fraction of sp³-hybridized carbons (Fsp3) is 0.478. The first-order valence-electron chi connectivity index (χ1n) is 20.2. The number of para-hydroxylation sites is 2. The predicted octanol–water partition coefficient (Wildman–Crippen LogP) is 8.20. The van der Waals surface area contributed by atoms with Gasteiger partial charge in [0.1, 0.15) is 11.6 Å². The first-order chi connectivity index (χ1) is 27.3. The first-order valence-corrected chi connectivity index (χ1v) is 20.2. The average Bonchev–Trinajstić information content (AvgIpc) is 3.24. The van der Waals surface area contributed by atoms with Gasteiger partial charge in [0.15, 0.2) is 23.0 Å². The van der Waals surface area contributed by atoms with Gasteiger partial charge in [-0.1, -0.05) is 48.5 Å². The molecule has 8 nitrogen and oxygen atoms in total. The minimum absolute atomic E-state index is 0.119. The van der Waals surface area contributed by atoms with Crippen LogP contribution in [0.3, 0.4) is 0 Å². The molecule has 56 heavy (non-hydrogen) atoms. The average molecular weight is 773 g/mol. The number of rotatable bonds is 19. The lowest BCUT2D eigenvalue weighted by Crippen LogP contribution is -2.36. The fourth-order valence-corrected chi connectivity index (χ4v) is 8.13. The number of nitrogens with zero attached hydrogens (tertiary/aromatic N) is 2. The summed E-state index contributed by atoms with van der Waals surface area (Å²) in [6.07, 6.45) is 5.46. The molecular formula is C46H58F2N2O6. The van der Waals surface area contributed by atoms with Crippen molar-refractivity contribution < 1.29 is 37.9 Å². The van der Waals surface area contributed by atoms with Crippen LogP contribution in [-0.4, -0.2) is 86.7 Å². The van der Waals surface area contributed by atoms with Crippen LogP contribution in [-0.2, 0) is 12.8 Å². The molecule has 4 aromatic carbocycles. The van der Waals surface area contributed by atoms with Crippen molar-refractivity contribution in [1.29, 1.82) is 0 Å². The summed E-state index contributed by atoms with van der Waals surface area (Å²) in [5.74, 6) is 2.19. The van der Waals surface area contributed by atoms with Crippen molar-refractivity contribution in [3.8, 4) is 23.0 Å². The molecule has 0 aliphatic carbocycles. The fourth-order valence-electron chi connectivity index (χ4n) is 8.13. The summed E-state index contributed by atoms with van der Waals surface area (Å²) in [7, 11) is 3.23. The number of likely N-dealkylation sites (tertiary alicyclic amines) is 2. The van der Waals surface area contributed by atoms with E-state index >= 15 is 0 Å². The van der Waals surface area contributed by atoms with E-state index in [1.807, 2.05) is 60.7 Å². The van der Waals surface area contributed by atoms with Crippen LogP contribution in [0.1, 0.15) is 73.0 Å². The molecule has 302 valence electrons. The van der Waals surface area contributed by atoms with Crippen LogP contribution in [0.5, 0.6) is 23.0 Å². The molecule has 2 heterocycles. The second-order valence-corrected chi connectivity index (χ2v) is 15.2. The Labute approximate surface area is 331 Å². The molecule has 10 heteroatoms. The van der Waals surface area contributed by atoms with Gasteiger partial charge < -0.3 is 39.0 Å². The quantitative estimate of drug-likeness (QED) is 0.0924. The number of ether oxygens (including phenoxy) is 4. The highest BCUT2D eigenvalue weighted by molar-refractivity contribution is 5.49. The second-order valence-electron chi connectivity index (χ2n) is 15.2. The maximum absolute atomic E-state index is 13.3. The van der Waals surface area contributed by atoms with Gasteiger partial charge >= 0.3 is 0 Å². The normalized spacial score (nSPS) is 17.0. The minimum Gasteiger partial charge on any atom is -0.492 e. The summed E-state index contributed by atoms with van der Waals surface area (Å²) in [4.78, 5) is 4.82. The lowest BCUT2D eigenvalue weighted by molar-refractivity contribution is 0.0570. The number of aliphatic hydroxyl groups is 2. The number of hydrogen-bond acceptors (Lipinski definition) is 8. The van der Waals surface area contributed by atoms with Gasteiger partial charge in [0.25, 0.3) is 0 Å². The van der Waals surface area contributed by atoms with E-state index in [2.05, 4.69) is 9.80 Å². The van der Waals surface area contributed by atoms with Gasteiger partial charge in [-0.2, -0.15) is 0 Å². The molecule has 0 aromatic heterocycles. The van der Waals surface area contributed by atoms with Gasteiger partial charge in [-0.15, -0.1) is 0 Å². The Morgan fingerprint density at radius 3 is 1.30 bits per heavy atom. The molecule has 4 aromatic rings.